The molecule has 64 heavy (non-hydrogen) atoms. The molecular formula is C36H42N10O15P2S. The van der Waals surface area contributed by atoms with Crippen molar-refractivity contribution >= 4 is 62.1 Å². The second-order valence-corrected chi connectivity index (χ2v) is 17.6. The number of imidazole rings is 1. The van der Waals surface area contributed by atoms with Gasteiger partial charge in [0.2, 0.25) is 11.8 Å². The van der Waals surface area contributed by atoms with Gasteiger partial charge >= 0.3 is 27.3 Å². The molecule has 8 N–H and O–H groups in total. The van der Waals surface area contributed by atoms with Gasteiger partial charge in [-0.05, 0) is 30.9 Å². The van der Waals surface area contributed by atoms with Crippen molar-refractivity contribution in [1.82, 2.24) is 39.4 Å². The average molecular weight is 949 g/mol. The SMILES string of the molecule is C=CCCC(=O)NCc1nc(C(=O)OC2C[C@H](n3cnc4c(N)ncnc43)O[C@@H]2COP(=O)(O)OC2C[C@H](n3ccc(N)nc3=O)O[C@@H]2COP(=O)(O)O)c(-c2ccc(SC)cc2)o1. The van der Waals surface area contributed by atoms with Gasteiger partial charge < -0.3 is 50.1 Å². The van der Waals surface area contributed by atoms with E-state index in [2.05, 4.69) is 41.3 Å². The number of oxazole rings is 1. The summed E-state index contributed by atoms with van der Waals surface area (Å²) < 4.78 is 67.1. The molecule has 4 aromatic heterocycles. The third kappa shape index (κ3) is 11.3. The third-order valence-corrected chi connectivity index (χ3v) is 12.0. The van der Waals surface area contributed by atoms with Crippen LogP contribution in [0.1, 0.15) is 54.5 Å². The summed E-state index contributed by atoms with van der Waals surface area (Å²) in [5.41, 5.74) is 11.5. The van der Waals surface area contributed by atoms with Crippen LogP contribution < -0.4 is 22.5 Å². The number of hydrogen-bond acceptors (Lipinski definition) is 20. The van der Waals surface area contributed by atoms with Crippen molar-refractivity contribution in [2.75, 3.05) is 30.9 Å². The monoisotopic (exact) mass is 948 g/mol. The minimum absolute atomic E-state index is 0.00367. The van der Waals surface area contributed by atoms with Crippen molar-refractivity contribution in [2.45, 2.75) is 74.0 Å². The maximum absolute atomic E-state index is 14.2. The number of nitrogen functional groups attached to an aromatic ring is 2. The van der Waals surface area contributed by atoms with Gasteiger partial charge in [-0.3, -0.25) is 27.5 Å². The van der Waals surface area contributed by atoms with Crippen LogP contribution in [0.2, 0.25) is 0 Å². The highest BCUT2D eigenvalue weighted by molar-refractivity contribution is 7.98. The molecule has 342 valence electrons. The van der Waals surface area contributed by atoms with Crippen LogP contribution in [0.4, 0.5) is 11.6 Å². The van der Waals surface area contributed by atoms with Crippen molar-refractivity contribution in [3.05, 3.63) is 83.9 Å². The lowest BCUT2D eigenvalue weighted by molar-refractivity contribution is -0.121. The average Bonchev–Trinajstić information content (AvgIpc) is 4.06. The maximum atomic E-state index is 14.2. The van der Waals surface area contributed by atoms with E-state index in [9.17, 15) is 38.2 Å². The zero-order chi connectivity index (χ0) is 45.8. The number of hydrogen-bond donors (Lipinski definition) is 6. The molecule has 0 bridgehead atoms. The van der Waals surface area contributed by atoms with Gasteiger partial charge in [0, 0.05) is 35.9 Å². The normalized spacial score (nSPS) is 22.1. The number of aromatic nitrogens is 7. The first-order chi connectivity index (χ1) is 30.5. The number of phosphoric acid groups is 2. The van der Waals surface area contributed by atoms with Crippen LogP contribution in [-0.2, 0) is 48.3 Å². The summed E-state index contributed by atoms with van der Waals surface area (Å²) in [7, 11) is -10.2. The van der Waals surface area contributed by atoms with E-state index in [-0.39, 0.29) is 71.9 Å². The number of nitrogens with one attached hydrogen (secondary N) is 1. The van der Waals surface area contributed by atoms with Crippen LogP contribution in [0.3, 0.4) is 0 Å². The van der Waals surface area contributed by atoms with E-state index >= 15 is 0 Å². The molecule has 3 unspecified atom stereocenters. The van der Waals surface area contributed by atoms with Gasteiger partial charge in [-0.2, -0.15) is 4.98 Å². The van der Waals surface area contributed by atoms with Crippen molar-refractivity contribution in [3.63, 3.8) is 0 Å². The highest BCUT2D eigenvalue weighted by atomic mass is 32.2. The molecule has 1 aromatic carbocycles. The quantitative estimate of drug-likeness (QED) is 0.0300. The summed E-state index contributed by atoms with van der Waals surface area (Å²) in [6, 6.07) is 8.38. The first-order valence-electron chi connectivity index (χ1n) is 19.2. The van der Waals surface area contributed by atoms with Gasteiger partial charge in [-0.15, -0.1) is 18.3 Å². The van der Waals surface area contributed by atoms with E-state index in [0.29, 0.717) is 12.0 Å². The van der Waals surface area contributed by atoms with Crippen LogP contribution >= 0.6 is 27.4 Å². The molecule has 0 saturated carbocycles. The van der Waals surface area contributed by atoms with Gasteiger partial charge in [0.05, 0.1) is 26.1 Å². The topological polar surface area (TPSA) is 353 Å². The molecule has 2 saturated heterocycles. The predicted molar refractivity (Wildman–Crippen MR) is 223 cm³/mol. The van der Waals surface area contributed by atoms with E-state index in [4.69, 9.17) is 39.1 Å². The first-order valence-corrected chi connectivity index (χ1v) is 23.4. The summed E-state index contributed by atoms with van der Waals surface area (Å²) in [6.45, 7) is 1.90. The van der Waals surface area contributed by atoms with Crippen LogP contribution in [0.25, 0.3) is 22.5 Å². The van der Waals surface area contributed by atoms with Crippen molar-refractivity contribution in [3.8, 4) is 11.3 Å². The zero-order valence-electron chi connectivity index (χ0n) is 33.6. The molecule has 2 aliphatic rings. The highest BCUT2D eigenvalue weighted by Crippen LogP contribution is 2.50. The van der Waals surface area contributed by atoms with Crippen LogP contribution in [0.5, 0.6) is 0 Å². The molecule has 25 nitrogen and oxygen atoms in total. The van der Waals surface area contributed by atoms with E-state index in [1.165, 1.54) is 41.2 Å². The predicted octanol–water partition coefficient (Wildman–Crippen LogP) is 2.62. The Labute approximate surface area is 366 Å². The molecule has 0 aliphatic carbocycles. The number of allylic oxidation sites excluding steroid dienone is 1. The summed E-state index contributed by atoms with van der Waals surface area (Å²) in [5.74, 6) is -1.23. The number of esters is 1. The molecule has 0 radical (unpaired) electrons. The van der Waals surface area contributed by atoms with E-state index < -0.39 is 77.4 Å². The summed E-state index contributed by atoms with van der Waals surface area (Å²) in [6.07, 6.45) is 0.0669. The maximum Gasteiger partial charge on any atom is 0.472 e. The number of nitrogens with two attached hydrogens (primary N) is 2. The van der Waals surface area contributed by atoms with E-state index in [0.717, 1.165) is 9.46 Å². The third-order valence-electron chi connectivity index (χ3n) is 9.79. The van der Waals surface area contributed by atoms with Crippen LogP contribution in [-0.4, -0.2) is 104 Å². The fourth-order valence-corrected chi connectivity index (χ4v) is 8.46. The van der Waals surface area contributed by atoms with Gasteiger partial charge in [-0.25, -0.2) is 38.7 Å². The van der Waals surface area contributed by atoms with E-state index in [1.807, 2.05) is 18.4 Å². The van der Waals surface area contributed by atoms with Crippen molar-refractivity contribution in [1.29, 1.82) is 0 Å². The number of carbonyl (C=O) groups excluding carboxylic acids is 2. The second-order valence-electron chi connectivity index (χ2n) is 14.1. The Bertz CT molecular complexity index is 2660. The zero-order valence-corrected chi connectivity index (χ0v) is 36.3. The number of benzene rings is 1. The number of amides is 1. The molecule has 0 spiro atoms. The number of fused-ring (bicyclic) bond motifs is 1. The lowest BCUT2D eigenvalue weighted by atomic mass is 10.1. The van der Waals surface area contributed by atoms with Crippen molar-refractivity contribution < 1.29 is 65.6 Å². The number of thioether (sulfide) groups is 1. The fraction of sp³-hybridized carbons (Fsp3) is 0.389. The number of carbonyl (C=O) groups is 2. The minimum atomic E-state index is -5.15. The Morgan fingerprint density at radius 2 is 1.69 bits per heavy atom. The van der Waals surface area contributed by atoms with Crippen LogP contribution in [0, 0.1) is 0 Å². The van der Waals surface area contributed by atoms with Crippen molar-refractivity contribution in [2.24, 2.45) is 0 Å². The summed E-state index contributed by atoms with van der Waals surface area (Å²) in [5, 5.41) is 2.69. The van der Waals surface area contributed by atoms with Gasteiger partial charge in [0.15, 0.2) is 22.9 Å². The smallest absolute Gasteiger partial charge is 0.454 e. The number of anilines is 2. The number of nitrogens with zero attached hydrogens (tertiary/aromatic N) is 7. The van der Waals surface area contributed by atoms with E-state index in [1.54, 1.807) is 18.2 Å². The highest BCUT2D eigenvalue weighted by Gasteiger charge is 2.46. The Morgan fingerprint density at radius 1 is 0.984 bits per heavy atom. The largest absolute Gasteiger partial charge is 0.472 e. The molecule has 7 atom stereocenters. The molecule has 28 heteroatoms. The van der Waals surface area contributed by atoms with Gasteiger partial charge in [-0.1, -0.05) is 18.2 Å². The molecule has 2 aliphatic heterocycles. The molecule has 7 rings (SSSR count). The lowest BCUT2D eigenvalue weighted by Crippen LogP contribution is -2.32. The minimum Gasteiger partial charge on any atom is -0.454 e. The molecular weight excluding hydrogens is 906 g/mol. The molecule has 1 amide bonds. The Morgan fingerprint density at radius 3 is 2.39 bits per heavy atom. The molecule has 6 heterocycles. The Hall–Kier alpha value is -5.37. The van der Waals surface area contributed by atoms with Crippen LogP contribution in [0.15, 0.2) is 75.9 Å². The van der Waals surface area contributed by atoms with Gasteiger partial charge in [0.25, 0.3) is 0 Å². The first kappa shape index (κ1) is 46.6. The Kier molecular flexibility index (Phi) is 14.4. The number of ether oxygens (including phenoxy) is 3. The Balaban J connectivity index is 1.13. The molecule has 2 fully saturated rings. The second kappa shape index (κ2) is 19.8. The molecule has 5 aromatic rings. The number of phosphoric ester groups is 2. The fourth-order valence-electron chi connectivity index (χ4n) is 6.75. The summed E-state index contributed by atoms with van der Waals surface area (Å²) in [4.78, 5) is 90.2. The van der Waals surface area contributed by atoms with Gasteiger partial charge in [0.1, 0.15) is 54.5 Å². The lowest BCUT2D eigenvalue weighted by Gasteiger charge is -2.23. The standard InChI is InChI=1S/C36H42N10O15P2S/c1-3-4-5-26(47)39-14-27-44-30(32(60-27)19-6-8-20(64-2)9-7-19)35(48)59-21-12-29(46-18-42-31-33(38)40-17-41-34(31)46)57-23(21)16-56-63(53,54)61-22-13-28(45-11-10-25(37)43-36(45)49)58-24(22)15-55-62(50,51)52/h3,6-11,17-18,21-24,28-29H,1,4-5,12-16H2,2H3,(H,39,47)(H,53,54)(H2,37,43,49)(H2,38,40,41)(H2,50,51,52)/t21?,22?,23-,24-,28-,29-/m1/s1. The number of rotatable bonds is 19. The summed E-state index contributed by atoms with van der Waals surface area (Å²) >= 11 is 1.50.